The molecule has 0 saturated heterocycles. The fourth-order valence-corrected chi connectivity index (χ4v) is 4.85. The van der Waals surface area contributed by atoms with Crippen LogP contribution in [0.15, 0.2) is 36.4 Å². The molecule has 0 saturated carbocycles. The molecule has 0 radical (unpaired) electrons. The summed E-state index contributed by atoms with van der Waals surface area (Å²) >= 11 is 0. The molecule has 0 heterocycles. The van der Waals surface area contributed by atoms with Crippen LogP contribution in [0.1, 0.15) is 52.7 Å². The third-order valence-corrected chi connectivity index (χ3v) is 6.29. The van der Waals surface area contributed by atoms with Crippen LogP contribution in [0.25, 0.3) is 32.7 Å². The summed E-state index contributed by atoms with van der Waals surface area (Å²) in [6.07, 6.45) is 0. The summed E-state index contributed by atoms with van der Waals surface area (Å²) in [5.74, 6) is -2.64. The highest BCUT2D eigenvalue weighted by atomic mass is 16.3. The van der Waals surface area contributed by atoms with Crippen LogP contribution < -0.4 is 0 Å². The first-order valence-electron chi connectivity index (χ1n) is 11.1. The Kier molecular flexibility index (Phi) is 5.05. The number of fused-ring (bicyclic) bond motifs is 2. The van der Waals surface area contributed by atoms with E-state index in [1.165, 1.54) is 6.07 Å². The van der Waals surface area contributed by atoms with Crippen molar-refractivity contribution in [1.82, 2.24) is 0 Å². The molecule has 6 nitrogen and oxygen atoms in total. The van der Waals surface area contributed by atoms with E-state index in [9.17, 15) is 30.6 Å². The molecule has 0 aromatic heterocycles. The first kappa shape index (κ1) is 23.4. The van der Waals surface area contributed by atoms with Crippen molar-refractivity contribution in [2.24, 2.45) is 0 Å². The van der Waals surface area contributed by atoms with Crippen LogP contribution >= 0.6 is 0 Å². The number of rotatable bonds is 1. The van der Waals surface area contributed by atoms with Crippen LogP contribution in [-0.4, -0.2) is 30.6 Å². The van der Waals surface area contributed by atoms with Gasteiger partial charge in [-0.2, -0.15) is 0 Å². The Morgan fingerprint density at radius 3 is 1.53 bits per heavy atom. The fourth-order valence-electron chi connectivity index (χ4n) is 4.85. The van der Waals surface area contributed by atoms with Crippen molar-refractivity contribution in [2.45, 2.75) is 52.4 Å². The van der Waals surface area contributed by atoms with Gasteiger partial charge in [-0.3, -0.25) is 0 Å². The second kappa shape index (κ2) is 7.35. The largest absolute Gasteiger partial charge is 0.504 e. The molecule has 0 amide bonds. The third kappa shape index (κ3) is 3.41. The molecule has 0 fully saturated rings. The predicted molar refractivity (Wildman–Crippen MR) is 134 cm³/mol. The second-order valence-corrected chi connectivity index (χ2v) is 10.9. The molecule has 4 aromatic rings. The quantitative estimate of drug-likeness (QED) is 0.180. The number of hydrogen-bond donors (Lipinski definition) is 6. The summed E-state index contributed by atoms with van der Waals surface area (Å²) in [7, 11) is 0. The summed E-state index contributed by atoms with van der Waals surface area (Å²) in [5, 5.41) is 64.3. The molecule has 4 rings (SSSR count). The van der Waals surface area contributed by atoms with Crippen LogP contribution in [0, 0.1) is 0 Å². The highest BCUT2D eigenvalue weighted by Crippen LogP contribution is 2.51. The summed E-state index contributed by atoms with van der Waals surface area (Å²) in [6.45, 7) is 11.8. The van der Waals surface area contributed by atoms with E-state index in [0.29, 0.717) is 27.1 Å². The molecule has 0 unspecified atom stereocenters. The Morgan fingerprint density at radius 2 is 0.971 bits per heavy atom. The number of phenolic OH excluding ortho intramolecular Hbond substituents is 6. The molecule has 6 heteroatoms. The van der Waals surface area contributed by atoms with Crippen molar-refractivity contribution in [3.05, 3.63) is 47.5 Å². The van der Waals surface area contributed by atoms with Crippen molar-refractivity contribution < 1.29 is 30.6 Å². The number of phenols is 6. The minimum absolute atomic E-state index is 0.352. The second-order valence-electron chi connectivity index (χ2n) is 10.9. The zero-order valence-corrected chi connectivity index (χ0v) is 20.1. The SMILES string of the molecule is CC(C)(C)c1c(-c2ccc3c(O)c(O)c(O)c(C(C)(C)C)c3c2)ccc2c(O)c(O)c(O)cc12. The average molecular weight is 463 g/mol. The fraction of sp³-hybridized carbons (Fsp3) is 0.286. The lowest BCUT2D eigenvalue weighted by molar-refractivity contribution is 0.363. The smallest absolute Gasteiger partial charge is 0.201 e. The molecular formula is C28H30O6. The highest BCUT2D eigenvalue weighted by molar-refractivity contribution is 6.02. The Balaban J connectivity index is 2.15. The Morgan fingerprint density at radius 1 is 0.471 bits per heavy atom. The molecule has 6 N–H and O–H groups in total. The Bertz CT molecular complexity index is 1470. The van der Waals surface area contributed by atoms with Crippen molar-refractivity contribution in [3.63, 3.8) is 0 Å². The first-order valence-corrected chi connectivity index (χ1v) is 11.1. The lowest BCUT2D eigenvalue weighted by Crippen LogP contribution is -2.14. The topological polar surface area (TPSA) is 121 Å². The minimum Gasteiger partial charge on any atom is -0.504 e. The van der Waals surface area contributed by atoms with Gasteiger partial charge in [0, 0.05) is 16.3 Å². The van der Waals surface area contributed by atoms with Gasteiger partial charge in [0.05, 0.1) is 0 Å². The van der Waals surface area contributed by atoms with Gasteiger partial charge in [-0.1, -0.05) is 53.7 Å². The molecular weight excluding hydrogens is 432 g/mol. The van der Waals surface area contributed by atoms with Crippen LogP contribution in [0.2, 0.25) is 0 Å². The summed E-state index contributed by atoms with van der Waals surface area (Å²) < 4.78 is 0. The van der Waals surface area contributed by atoms with Crippen molar-refractivity contribution >= 4 is 21.5 Å². The van der Waals surface area contributed by atoms with Crippen molar-refractivity contribution in [3.8, 4) is 45.6 Å². The molecule has 0 atom stereocenters. The maximum Gasteiger partial charge on any atom is 0.201 e. The van der Waals surface area contributed by atoms with Crippen LogP contribution in [-0.2, 0) is 10.8 Å². The van der Waals surface area contributed by atoms with Gasteiger partial charge < -0.3 is 30.6 Å². The lowest BCUT2D eigenvalue weighted by Gasteiger charge is -2.27. The van der Waals surface area contributed by atoms with Gasteiger partial charge in [-0.05, 0) is 62.6 Å². The van der Waals surface area contributed by atoms with E-state index in [-0.39, 0.29) is 17.2 Å². The number of aromatic hydroxyl groups is 6. The average Bonchev–Trinajstić information content (AvgIpc) is 2.73. The minimum atomic E-state index is -0.564. The first-order chi connectivity index (χ1) is 15.6. The zero-order chi connectivity index (χ0) is 25.3. The van der Waals surface area contributed by atoms with E-state index in [1.54, 1.807) is 12.1 Å². The standard InChI is InChI=1S/C28H30O6/c1-27(2,3)20-14(9-10-16-18(20)12-19(29)24(32)22(16)30)13-7-8-15-17(11-13)21(28(4,5)6)25(33)26(34)23(15)31/h7-12,29-34H,1-6H3. The molecule has 0 bridgehead atoms. The molecule has 0 spiro atoms. The van der Waals surface area contributed by atoms with E-state index >= 15 is 0 Å². The van der Waals surface area contributed by atoms with E-state index in [4.69, 9.17) is 0 Å². The molecule has 0 aliphatic rings. The van der Waals surface area contributed by atoms with Gasteiger partial charge in [0.25, 0.3) is 0 Å². The monoisotopic (exact) mass is 462 g/mol. The van der Waals surface area contributed by atoms with Crippen molar-refractivity contribution in [2.75, 3.05) is 0 Å². The van der Waals surface area contributed by atoms with E-state index in [2.05, 4.69) is 0 Å². The van der Waals surface area contributed by atoms with E-state index in [0.717, 1.165) is 16.7 Å². The maximum atomic E-state index is 10.7. The highest BCUT2D eigenvalue weighted by Gasteiger charge is 2.28. The molecule has 34 heavy (non-hydrogen) atoms. The summed E-state index contributed by atoms with van der Waals surface area (Å²) in [6, 6.07) is 10.4. The van der Waals surface area contributed by atoms with Gasteiger partial charge in [0.2, 0.25) is 11.5 Å². The predicted octanol–water partition coefficient (Wildman–Crippen LogP) is 6.49. The van der Waals surface area contributed by atoms with Crippen molar-refractivity contribution in [1.29, 1.82) is 0 Å². The Hall–Kier alpha value is -3.80. The Labute approximate surface area is 198 Å². The molecule has 4 aromatic carbocycles. The van der Waals surface area contributed by atoms with Crippen LogP contribution in [0.4, 0.5) is 0 Å². The molecule has 0 aliphatic carbocycles. The van der Waals surface area contributed by atoms with E-state index in [1.807, 2.05) is 59.7 Å². The van der Waals surface area contributed by atoms with Crippen LogP contribution in [0.3, 0.4) is 0 Å². The maximum absolute atomic E-state index is 10.7. The van der Waals surface area contributed by atoms with Gasteiger partial charge in [0.1, 0.15) is 0 Å². The van der Waals surface area contributed by atoms with Gasteiger partial charge >= 0.3 is 0 Å². The number of benzene rings is 4. The summed E-state index contributed by atoms with van der Waals surface area (Å²) in [5.41, 5.74) is 2.04. The van der Waals surface area contributed by atoms with Gasteiger partial charge in [-0.25, -0.2) is 0 Å². The lowest BCUT2D eigenvalue weighted by atomic mass is 9.77. The number of hydrogen-bond acceptors (Lipinski definition) is 6. The van der Waals surface area contributed by atoms with Gasteiger partial charge in [0.15, 0.2) is 23.0 Å². The summed E-state index contributed by atoms with van der Waals surface area (Å²) in [4.78, 5) is 0. The molecule has 0 aliphatic heterocycles. The normalized spacial score (nSPS) is 12.5. The molecule has 178 valence electrons. The van der Waals surface area contributed by atoms with Crippen LogP contribution in [0.5, 0.6) is 34.5 Å². The van der Waals surface area contributed by atoms with Gasteiger partial charge in [-0.15, -0.1) is 0 Å². The third-order valence-electron chi connectivity index (χ3n) is 6.29. The van der Waals surface area contributed by atoms with E-state index < -0.39 is 28.1 Å². The zero-order valence-electron chi connectivity index (χ0n) is 20.1.